The van der Waals surface area contributed by atoms with Crippen molar-refractivity contribution in [2.75, 3.05) is 4.90 Å². The van der Waals surface area contributed by atoms with Crippen LogP contribution in [-0.2, 0) is 0 Å². The van der Waals surface area contributed by atoms with Crippen LogP contribution in [0.3, 0.4) is 0 Å². The summed E-state index contributed by atoms with van der Waals surface area (Å²) in [6.45, 7) is 0. The number of anilines is 3. The number of furan rings is 2. The molecule has 0 N–H and O–H groups in total. The third-order valence-corrected chi connectivity index (χ3v) is 11.7. The predicted octanol–water partition coefficient (Wildman–Crippen LogP) is 15.5. The summed E-state index contributed by atoms with van der Waals surface area (Å²) < 4.78 is 13.1. The summed E-state index contributed by atoms with van der Waals surface area (Å²) in [6, 6.07) is 75.0. The van der Waals surface area contributed by atoms with Gasteiger partial charge in [-0.2, -0.15) is 0 Å². The maximum absolute atomic E-state index is 6.76. The van der Waals surface area contributed by atoms with Gasteiger partial charge in [-0.15, -0.1) is 0 Å². The largest absolute Gasteiger partial charge is 0.456 e. The second-order valence-corrected chi connectivity index (χ2v) is 15.6. The van der Waals surface area contributed by atoms with Gasteiger partial charge < -0.3 is 13.7 Å². The minimum absolute atomic E-state index is 0.562. The second kappa shape index (κ2) is 15.1. The molecular formula is C57H36N4O2. The highest BCUT2D eigenvalue weighted by molar-refractivity contribution is 6.15. The average molecular weight is 809 g/mol. The molecule has 12 aromatic rings. The first-order chi connectivity index (χ1) is 31.2. The smallest absolute Gasteiger partial charge is 0.164 e. The number of aromatic nitrogens is 3. The first-order valence-electron chi connectivity index (χ1n) is 21.0. The van der Waals surface area contributed by atoms with Crippen molar-refractivity contribution in [2.24, 2.45) is 0 Å². The molecule has 6 nitrogen and oxygen atoms in total. The van der Waals surface area contributed by atoms with Gasteiger partial charge in [0, 0.05) is 50.3 Å². The van der Waals surface area contributed by atoms with E-state index in [0.717, 1.165) is 99.9 Å². The van der Waals surface area contributed by atoms with Crippen molar-refractivity contribution in [3.63, 3.8) is 0 Å². The molecule has 0 amide bonds. The van der Waals surface area contributed by atoms with E-state index in [1.165, 1.54) is 0 Å². The van der Waals surface area contributed by atoms with Crippen LogP contribution in [0, 0.1) is 0 Å². The van der Waals surface area contributed by atoms with Crippen molar-refractivity contribution in [2.45, 2.75) is 0 Å². The second-order valence-electron chi connectivity index (χ2n) is 15.6. The number of rotatable bonds is 8. The Balaban J connectivity index is 1.03. The number of benzene rings is 9. The maximum Gasteiger partial charge on any atom is 0.164 e. The topological polar surface area (TPSA) is 68.2 Å². The highest BCUT2D eigenvalue weighted by Gasteiger charge is 2.22. The molecule has 0 spiro atoms. The van der Waals surface area contributed by atoms with Gasteiger partial charge in [0.15, 0.2) is 17.5 Å². The zero-order valence-electron chi connectivity index (χ0n) is 33.9. The molecule has 3 heterocycles. The third kappa shape index (κ3) is 6.49. The summed E-state index contributed by atoms with van der Waals surface area (Å²) in [7, 11) is 0. The molecule has 0 aliphatic carbocycles. The zero-order valence-corrected chi connectivity index (χ0v) is 33.9. The van der Waals surface area contributed by atoms with Gasteiger partial charge in [-0.05, 0) is 82.9 Å². The molecule has 296 valence electrons. The summed E-state index contributed by atoms with van der Waals surface area (Å²) in [5, 5.41) is 4.01. The lowest BCUT2D eigenvalue weighted by Crippen LogP contribution is -2.10. The van der Waals surface area contributed by atoms with Gasteiger partial charge in [0.2, 0.25) is 0 Å². The van der Waals surface area contributed by atoms with Crippen LogP contribution in [0.5, 0.6) is 0 Å². The molecule has 6 heteroatoms. The van der Waals surface area contributed by atoms with Crippen molar-refractivity contribution in [3.05, 3.63) is 218 Å². The fourth-order valence-corrected chi connectivity index (χ4v) is 8.78. The molecule has 0 saturated carbocycles. The standard InChI is InChI=1S/C57H36N4O2/c1-4-16-37(17-5-1)39-20-12-22-41(34-39)55-58-56(42-23-13-21-40(35-42)38-18-6-2-7-19-38)60-57(59-55)47-27-14-30-50-53(47)46-33-32-44(36-52(46)63-50)61(43-24-8-3-9-25-43)48-28-15-31-51-54(48)45-26-10-11-29-49(45)62-51/h1-36H. The van der Waals surface area contributed by atoms with Crippen LogP contribution in [0.2, 0.25) is 0 Å². The lowest BCUT2D eigenvalue weighted by Gasteiger charge is -2.26. The Kier molecular flexibility index (Phi) is 8.71. The Morgan fingerprint density at radius 2 is 0.794 bits per heavy atom. The van der Waals surface area contributed by atoms with E-state index >= 15 is 0 Å². The van der Waals surface area contributed by atoms with Gasteiger partial charge in [-0.25, -0.2) is 15.0 Å². The van der Waals surface area contributed by atoms with Crippen molar-refractivity contribution < 1.29 is 8.83 Å². The molecule has 0 radical (unpaired) electrons. The first kappa shape index (κ1) is 36.3. The predicted molar refractivity (Wildman–Crippen MR) is 256 cm³/mol. The average Bonchev–Trinajstić information content (AvgIpc) is 3.94. The Morgan fingerprint density at radius 3 is 1.48 bits per heavy atom. The molecule has 12 rings (SSSR count). The van der Waals surface area contributed by atoms with Gasteiger partial charge in [-0.1, -0.05) is 152 Å². The van der Waals surface area contributed by atoms with Crippen molar-refractivity contribution in [1.29, 1.82) is 0 Å². The van der Waals surface area contributed by atoms with Crippen LogP contribution in [0.15, 0.2) is 227 Å². The third-order valence-electron chi connectivity index (χ3n) is 11.7. The molecule has 9 aromatic carbocycles. The molecule has 3 aromatic heterocycles. The first-order valence-corrected chi connectivity index (χ1v) is 21.0. The van der Waals surface area contributed by atoms with E-state index < -0.39 is 0 Å². The maximum atomic E-state index is 6.76. The minimum atomic E-state index is 0.562. The van der Waals surface area contributed by atoms with Crippen molar-refractivity contribution >= 4 is 60.9 Å². The molecule has 0 saturated heterocycles. The number of fused-ring (bicyclic) bond motifs is 6. The summed E-state index contributed by atoms with van der Waals surface area (Å²) in [6.07, 6.45) is 0. The molecule has 0 unspecified atom stereocenters. The quantitative estimate of drug-likeness (QED) is 0.152. The van der Waals surface area contributed by atoms with Crippen LogP contribution in [0.1, 0.15) is 0 Å². The van der Waals surface area contributed by atoms with E-state index in [2.05, 4.69) is 175 Å². The highest BCUT2D eigenvalue weighted by Crippen LogP contribution is 2.45. The molecule has 0 fully saturated rings. The van der Waals surface area contributed by atoms with Gasteiger partial charge in [-0.3, -0.25) is 0 Å². The van der Waals surface area contributed by atoms with E-state index in [4.69, 9.17) is 23.8 Å². The van der Waals surface area contributed by atoms with Gasteiger partial charge in [0.25, 0.3) is 0 Å². The van der Waals surface area contributed by atoms with Crippen LogP contribution >= 0.6 is 0 Å². The molecule has 0 atom stereocenters. The normalized spacial score (nSPS) is 11.5. The van der Waals surface area contributed by atoms with E-state index in [1.54, 1.807) is 0 Å². The zero-order chi connectivity index (χ0) is 41.7. The Morgan fingerprint density at radius 1 is 0.302 bits per heavy atom. The molecule has 0 bridgehead atoms. The number of hydrogen-bond acceptors (Lipinski definition) is 6. The summed E-state index contributed by atoms with van der Waals surface area (Å²) in [4.78, 5) is 17.9. The van der Waals surface area contributed by atoms with E-state index in [1.807, 2.05) is 48.5 Å². The van der Waals surface area contributed by atoms with Crippen LogP contribution in [0.4, 0.5) is 17.1 Å². The molecule has 0 aliphatic heterocycles. The summed E-state index contributed by atoms with van der Waals surface area (Å²) >= 11 is 0. The van der Waals surface area contributed by atoms with Crippen LogP contribution in [0.25, 0.3) is 100 Å². The number of nitrogens with zero attached hydrogens (tertiary/aromatic N) is 4. The van der Waals surface area contributed by atoms with E-state index in [0.29, 0.717) is 17.5 Å². The van der Waals surface area contributed by atoms with Crippen LogP contribution < -0.4 is 4.90 Å². The van der Waals surface area contributed by atoms with E-state index in [9.17, 15) is 0 Å². The lowest BCUT2D eigenvalue weighted by atomic mass is 10.0. The number of hydrogen-bond donors (Lipinski definition) is 0. The summed E-state index contributed by atoms with van der Waals surface area (Å²) in [5.74, 6) is 1.74. The fourth-order valence-electron chi connectivity index (χ4n) is 8.78. The molecule has 0 aliphatic rings. The van der Waals surface area contributed by atoms with Crippen molar-refractivity contribution in [3.8, 4) is 56.4 Å². The van der Waals surface area contributed by atoms with E-state index in [-0.39, 0.29) is 0 Å². The lowest BCUT2D eigenvalue weighted by molar-refractivity contribution is 0.669. The van der Waals surface area contributed by atoms with Gasteiger partial charge in [0.1, 0.15) is 22.3 Å². The fraction of sp³-hybridized carbons (Fsp3) is 0. The Labute approximate surface area is 363 Å². The van der Waals surface area contributed by atoms with Gasteiger partial charge >= 0.3 is 0 Å². The monoisotopic (exact) mass is 808 g/mol. The Bertz CT molecular complexity index is 3530. The van der Waals surface area contributed by atoms with Crippen molar-refractivity contribution in [1.82, 2.24) is 15.0 Å². The Hall–Kier alpha value is -8.61. The highest BCUT2D eigenvalue weighted by atomic mass is 16.3. The van der Waals surface area contributed by atoms with Crippen LogP contribution in [-0.4, -0.2) is 15.0 Å². The van der Waals surface area contributed by atoms with Gasteiger partial charge in [0.05, 0.1) is 11.1 Å². The number of para-hydroxylation sites is 2. The summed E-state index contributed by atoms with van der Waals surface area (Å²) in [5.41, 5.74) is 13.2. The molecular weight excluding hydrogens is 773 g/mol. The minimum Gasteiger partial charge on any atom is -0.456 e. The SMILES string of the molecule is c1ccc(-c2cccc(-c3nc(-c4cccc(-c5ccccc5)c4)nc(-c4cccc5oc6cc(N(c7ccccc7)c7cccc8oc9ccccc9c78)ccc6c45)n3)c2)cc1. The molecule has 63 heavy (non-hydrogen) atoms.